The molecular formula is C22H23ClN4O3S. The average Bonchev–Trinajstić information content (AvgIpc) is 3.25. The maximum absolute atomic E-state index is 12.3. The van der Waals surface area contributed by atoms with Gasteiger partial charge < -0.3 is 15.0 Å². The lowest BCUT2D eigenvalue weighted by atomic mass is 10.1. The minimum Gasteiger partial charge on any atom is -0.465 e. The SMILES string of the molecule is COC(=O)c1ccc(C(=O)NCCN2CCN(c3nc4c(Cl)cccc4s3)CC2)cc1. The highest BCUT2D eigenvalue weighted by Crippen LogP contribution is 2.33. The number of carbonyl (C=O) groups is 2. The quantitative estimate of drug-likeness (QED) is 0.571. The maximum atomic E-state index is 12.3. The summed E-state index contributed by atoms with van der Waals surface area (Å²) in [5, 5.41) is 4.64. The normalized spacial score (nSPS) is 14.6. The summed E-state index contributed by atoms with van der Waals surface area (Å²) in [6, 6.07) is 12.3. The number of hydrogen-bond donors (Lipinski definition) is 1. The van der Waals surface area contributed by atoms with Gasteiger partial charge in [-0.1, -0.05) is 29.0 Å². The Hall–Kier alpha value is -2.68. The number of piperazine rings is 1. The third-order valence-corrected chi connectivity index (χ3v) is 6.67. The Bertz CT molecular complexity index is 1080. The fraction of sp³-hybridized carbons (Fsp3) is 0.318. The van der Waals surface area contributed by atoms with Gasteiger partial charge in [-0.05, 0) is 36.4 Å². The summed E-state index contributed by atoms with van der Waals surface area (Å²) in [5.74, 6) is -0.568. The first-order valence-electron chi connectivity index (χ1n) is 10.0. The van der Waals surface area contributed by atoms with Crippen molar-refractivity contribution in [2.24, 2.45) is 0 Å². The summed E-state index contributed by atoms with van der Waals surface area (Å²) in [6.07, 6.45) is 0. The molecule has 31 heavy (non-hydrogen) atoms. The van der Waals surface area contributed by atoms with Crippen LogP contribution in [0, 0.1) is 0 Å². The number of carbonyl (C=O) groups excluding carboxylic acids is 2. The van der Waals surface area contributed by atoms with Crippen LogP contribution in [0.1, 0.15) is 20.7 Å². The first kappa shape index (κ1) is 21.5. The summed E-state index contributed by atoms with van der Waals surface area (Å²) >= 11 is 7.92. The van der Waals surface area contributed by atoms with Gasteiger partial charge in [-0.2, -0.15) is 0 Å². The van der Waals surface area contributed by atoms with Gasteiger partial charge in [-0.15, -0.1) is 0 Å². The second-order valence-electron chi connectivity index (χ2n) is 7.24. The summed E-state index contributed by atoms with van der Waals surface area (Å²) < 4.78 is 5.77. The van der Waals surface area contributed by atoms with E-state index < -0.39 is 5.97 Å². The van der Waals surface area contributed by atoms with Gasteiger partial charge in [-0.3, -0.25) is 9.69 Å². The second kappa shape index (κ2) is 9.64. The Kier molecular flexibility index (Phi) is 6.70. The number of rotatable bonds is 6. The number of anilines is 1. The fourth-order valence-corrected chi connectivity index (χ4v) is 4.82. The predicted molar refractivity (Wildman–Crippen MR) is 123 cm³/mol. The van der Waals surface area contributed by atoms with Gasteiger partial charge in [0.15, 0.2) is 5.13 Å². The van der Waals surface area contributed by atoms with Gasteiger partial charge in [0.1, 0.15) is 5.52 Å². The van der Waals surface area contributed by atoms with Crippen LogP contribution in [0.4, 0.5) is 5.13 Å². The van der Waals surface area contributed by atoms with Crippen LogP contribution < -0.4 is 10.2 Å². The molecule has 0 saturated carbocycles. The van der Waals surface area contributed by atoms with E-state index in [9.17, 15) is 9.59 Å². The molecule has 1 amide bonds. The number of benzene rings is 2. The number of aromatic nitrogens is 1. The Morgan fingerprint density at radius 1 is 1.10 bits per heavy atom. The molecule has 0 aliphatic carbocycles. The van der Waals surface area contributed by atoms with Crippen molar-refractivity contribution < 1.29 is 14.3 Å². The third-order valence-electron chi connectivity index (χ3n) is 5.28. The van der Waals surface area contributed by atoms with E-state index in [2.05, 4.69) is 19.9 Å². The molecule has 1 N–H and O–H groups in total. The molecule has 3 aromatic rings. The average molecular weight is 459 g/mol. The molecule has 9 heteroatoms. The van der Waals surface area contributed by atoms with E-state index in [1.54, 1.807) is 35.6 Å². The van der Waals surface area contributed by atoms with Crippen LogP contribution in [0.5, 0.6) is 0 Å². The first-order valence-corrected chi connectivity index (χ1v) is 11.2. The molecule has 0 atom stereocenters. The van der Waals surface area contributed by atoms with E-state index in [-0.39, 0.29) is 5.91 Å². The van der Waals surface area contributed by atoms with E-state index in [0.717, 1.165) is 48.1 Å². The lowest BCUT2D eigenvalue weighted by Gasteiger charge is -2.34. The maximum Gasteiger partial charge on any atom is 0.337 e. The smallest absolute Gasteiger partial charge is 0.337 e. The molecule has 1 aliphatic rings. The van der Waals surface area contributed by atoms with Crippen LogP contribution in [-0.4, -0.2) is 68.1 Å². The van der Waals surface area contributed by atoms with Crippen LogP contribution in [-0.2, 0) is 4.74 Å². The second-order valence-corrected chi connectivity index (χ2v) is 8.65. The van der Waals surface area contributed by atoms with Crippen molar-refractivity contribution in [3.05, 3.63) is 58.6 Å². The van der Waals surface area contributed by atoms with E-state index in [0.29, 0.717) is 22.7 Å². The molecule has 1 saturated heterocycles. The molecule has 0 bridgehead atoms. The summed E-state index contributed by atoms with van der Waals surface area (Å²) in [6.45, 7) is 4.95. The number of amides is 1. The van der Waals surface area contributed by atoms with Crippen molar-refractivity contribution in [1.29, 1.82) is 0 Å². The van der Waals surface area contributed by atoms with Crippen molar-refractivity contribution >= 4 is 50.2 Å². The molecule has 1 aliphatic heterocycles. The topological polar surface area (TPSA) is 74.8 Å². The zero-order chi connectivity index (χ0) is 21.8. The molecule has 0 spiro atoms. The lowest BCUT2D eigenvalue weighted by Crippen LogP contribution is -2.48. The number of thiazole rings is 1. The minimum absolute atomic E-state index is 0.151. The highest BCUT2D eigenvalue weighted by atomic mass is 35.5. The van der Waals surface area contributed by atoms with E-state index in [4.69, 9.17) is 16.6 Å². The van der Waals surface area contributed by atoms with Crippen LogP contribution in [0.2, 0.25) is 5.02 Å². The van der Waals surface area contributed by atoms with Gasteiger partial charge in [0, 0.05) is 44.8 Å². The number of halogens is 1. The van der Waals surface area contributed by atoms with Gasteiger partial charge in [-0.25, -0.2) is 9.78 Å². The number of esters is 1. The molecular weight excluding hydrogens is 436 g/mol. The molecule has 162 valence electrons. The number of hydrogen-bond acceptors (Lipinski definition) is 7. The minimum atomic E-state index is -0.417. The standard InChI is InChI=1S/C22H23ClN4O3S/c1-30-21(29)16-7-5-15(6-8-16)20(28)24-9-10-26-11-13-27(14-12-26)22-25-19-17(23)3-2-4-18(19)31-22/h2-8H,9-14H2,1H3,(H,24,28). The van der Waals surface area contributed by atoms with Gasteiger partial charge in [0.25, 0.3) is 5.91 Å². The molecule has 7 nitrogen and oxygen atoms in total. The number of para-hydroxylation sites is 1. The first-order chi connectivity index (χ1) is 15.0. The van der Waals surface area contributed by atoms with Crippen molar-refractivity contribution in [1.82, 2.24) is 15.2 Å². The third kappa shape index (κ3) is 4.98. The number of methoxy groups -OCH3 is 1. The van der Waals surface area contributed by atoms with Crippen LogP contribution >= 0.6 is 22.9 Å². The molecule has 2 aromatic carbocycles. The van der Waals surface area contributed by atoms with Crippen LogP contribution in [0.15, 0.2) is 42.5 Å². The summed E-state index contributed by atoms with van der Waals surface area (Å²) in [5.41, 5.74) is 1.81. The lowest BCUT2D eigenvalue weighted by molar-refractivity contribution is 0.0600. The molecule has 1 aromatic heterocycles. The van der Waals surface area contributed by atoms with Crippen molar-refractivity contribution in [2.45, 2.75) is 0 Å². The Labute approximate surface area is 189 Å². The Morgan fingerprint density at radius 3 is 2.48 bits per heavy atom. The zero-order valence-electron chi connectivity index (χ0n) is 17.1. The van der Waals surface area contributed by atoms with Gasteiger partial charge in [0.05, 0.1) is 22.4 Å². The van der Waals surface area contributed by atoms with Crippen LogP contribution in [0.3, 0.4) is 0 Å². The highest BCUT2D eigenvalue weighted by Gasteiger charge is 2.20. The molecule has 1 fully saturated rings. The van der Waals surface area contributed by atoms with Gasteiger partial charge >= 0.3 is 5.97 Å². The highest BCUT2D eigenvalue weighted by molar-refractivity contribution is 7.22. The largest absolute Gasteiger partial charge is 0.465 e. The van der Waals surface area contributed by atoms with E-state index in [1.165, 1.54) is 7.11 Å². The van der Waals surface area contributed by atoms with E-state index in [1.807, 2.05) is 18.2 Å². The Balaban J connectivity index is 1.23. The Morgan fingerprint density at radius 2 is 1.81 bits per heavy atom. The van der Waals surface area contributed by atoms with E-state index >= 15 is 0 Å². The molecule has 0 unspecified atom stereocenters. The molecule has 2 heterocycles. The number of fused-ring (bicyclic) bond motifs is 1. The monoisotopic (exact) mass is 458 g/mol. The molecule has 0 radical (unpaired) electrons. The summed E-state index contributed by atoms with van der Waals surface area (Å²) in [4.78, 5) is 33.1. The number of ether oxygens (including phenoxy) is 1. The van der Waals surface area contributed by atoms with Gasteiger partial charge in [0.2, 0.25) is 0 Å². The van der Waals surface area contributed by atoms with Crippen molar-refractivity contribution in [3.8, 4) is 0 Å². The molecule has 4 rings (SSSR count). The predicted octanol–water partition coefficient (Wildman–Crippen LogP) is 3.29. The number of nitrogens with zero attached hydrogens (tertiary/aromatic N) is 3. The fourth-order valence-electron chi connectivity index (χ4n) is 3.51. The summed E-state index contributed by atoms with van der Waals surface area (Å²) in [7, 11) is 1.33. The number of nitrogens with one attached hydrogen (secondary N) is 1. The van der Waals surface area contributed by atoms with Crippen molar-refractivity contribution in [3.63, 3.8) is 0 Å². The van der Waals surface area contributed by atoms with Crippen molar-refractivity contribution in [2.75, 3.05) is 51.3 Å². The zero-order valence-corrected chi connectivity index (χ0v) is 18.7. The van der Waals surface area contributed by atoms with Crippen LogP contribution in [0.25, 0.3) is 10.2 Å².